The first kappa shape index (κ1) is 19.5. The molecule has 0 bridgehead atoms. The Morgan fingerprint density at radius 3 is 2.43 bits per heavy atom. The third kappa shape index (κ3) is 4.03. The first-order valence-corrected chi connectivity index (χ1v) is 8.16. The van der Waals surface area contributed by atoms with Gasteiger partial charge < -0.3 is 19.0 Å². The summed E-state index contributed by atoms with van der Waals surface area (Å²) in [6.45, 7) is 0. The fraction of sp³-hybridized carbons (Fsp3) is 0.263. The van der Waals surface area contributed by atoms with Crippen molar-refractivity contribution in [1.82, 2.24) is 0 Å². The van der Waals surface area contributed by atoms with E-state index in [1.807, 2.05) is 0 Å². The summed E-state index contributed by atoms with van der Waals surface area (Å²) >= 11 is 0. The maximum Gasteiger partial charge on any atom is 0.432 e. The summed E-state index contributed by atoms with van der Waals surface area (Å²) in [5.41, 5.74) is -0.349. The predicted molar refractivity (Wildman–Crippen MR) is 92.9 cm³/mol. The summed E-state index contributed by atoms with van der Waals surface area (Å²) in [5.74, 6) is -0.0375. The summed E-state index contributed by atoms with van der Waals surface area (Å²) in [6.07, 6.45) is -5.85. The molecule has 0 spiro atoms. The van der Waals surface area contributed by atoms with E-state index in [1.165, 1.54) is 32.4 Å². The van der Waals surface area contributed by atoms with Crippen LogP contribution in [0.1, 0.15) is 28.4 Å². The molecule has 0 saturated heterocycles. The van der Waals surface area contributed by atoms with Gasteiger partial charge in [0.25, 0.3) is 0 Å². The number of para-hydroxylation sites is 1. The summed E-state index contributed by atoms with van der Waals surface area (Å²) in [7, 11) is 2.78. The lowest BCUT2D eigenvalue weighted by Gasteiger charge is -2.14. The molecule has 1 aliphatic heterocycles. The highest BCUT2D eigenvalue weighted by Gasteiger charge is 2.42. The molecular weight excluding hydrogens is 379 g/mol. The third-order valence-corrected chi connectivity index (χ3v) is 4.09. The average molecular weight is 395 g/mol. The molecule has 28 heavy (non-hydrogen) atoms. The number of carbonyl (C=O) groups is 1. The van der Waals surface area contributed by atoms with Crippen LogP contribution in [0.5, 0.6) is 17.2 Å². The number of hydrogen-bond acceptors (Lipinski definition) is 6. The second kappa shape index (κ2) is 7.79. The number of rotatable bonds is 5. The molecular formula is C19H16F3NO5. The summed E-state index contributed by atoms with van der Waals surface area (Å²) in [5, 5.41) is 3.10. The molecule has 2 aromatic rings. The van der Waals surface area contributed by atoms with Crippen LogP contribution in [0.4, 0.5) is 13.2 Å². The Morgan fingerprint density at radius 1 is 1.07 bits per heavy atom. The maximum atomic E-state index is 12.7. The second-order valence-electron chi connectivity index (χ2n) is 5.83. The van der Waals surface area contributed by atoms with E-state index in [0.29, 0.717) is 11.3 Å². The van der Waals surface area contributed by atoms with Crippen LogP contribution < -0.4 is 14.2 Å². The number of oxime groups is 1. The minimum absolute atomic E-state index is 0.108. The number of methoxy groups -OCH3 is 2. The van der Waals surface area contributed by atoms with Gasteiger partial charge in [0.05, 0.1) is 14.2 Å². The number of benzene rings is 2. The SMILES string of the molecule is COc1cc(C2CC(C(F)(F)F)=NO2)ccc1OC(=O)c1ccccc1OC. The van der Waals surface area contributed by atoms with Crippen LogP contribution in [-0.2, 0) is 4.84 Å². The topological polar surface area (TPSA) is 66.3 Å². The van der Waals surface area contributed by atoms with Crippen molar-refractivity contribution in [2.24, 2.45) is 5.16 Å². The first-order valence-electron chi connectivity index (χ1n) is 8.16. The van der Waals surface area contributed by atoms with E-state index in [1.54, 1.807) is 24.3 Å². The zero-order valence-corrected chi connectivity index (χ0v) is 14.9. The van der Waals surface area contributed by atoms with Crippen molar-refractivity contribution in [3.63, 3.8) is 0 Å². The molecule has 148 valence electrons. The molecule has 1 atom stereocenters. The van der Waals surface area contributed by atoms with Crippen molar-refractivity contribution in [3.8, 4) is 17.2 Å². The smallest absolute Gasteiger partial charge is 0.432 e. The molecule has 6 nitrogen and oxygen atoms in total. The highest BCUT2D eigenvalue weighted by Crippen LogP contribution is 2.37. The Balaban J connectivity index is 1.78. The van der Waals surface area contributed by atoms with Gasteiger partial charge in [0.15, 0.2) is 23.3 Å². The quantitative estimate of drug-likeness (QED) is 0.558. The minimum Gasteiger partial charge on any atom is -0.496 e. The highest BCUT2D eigenvalue weighted by atomic mass is 19.4. The number of halogens is 3. The molecule has 0 radical (unpaired) electrons. The lowest BCUT2D eigenvalue weighted by molar-refractivity contribution is -0.0604. The number of hydrogen-bond donors (Lipinski definition) is 0. The molecule has 1 heterocycles. The molecule has 1 unspecified atom stereocenters. The second-order valence-corrected chi connectivity index (χ2v) is 5.83. The Labute approximate surface area is 158 Å². The molecule has 0 aromatic heterocycles. The minimum atomic E-state index is -4.54. The van der Waals surface area contributed by atoms with Crippen LogP contribution >= 0.6 is 0 Å². The molecule has 2 aromatic carbocycles. The number of esters is 1. The molecule has 0 fully saturated rings. The van der Waals surface area contributed by atoms with Gasteiger partial charge in [0, 0.05) is 6.42 Å². The zero-order chi connectivity index (χ0) is 20.3. The molecule has 1 aliphatic rings. The molecule has 0 aliphatic carbocycles. The van der Waals surface area contributed by atoms with Crippen LogP contribution in [0.15, 0.2) is 47.6 Å². The van der Waals surface area contributed by atoms with Gasteiger partial charge in [-0.25, -0.2) is 4.79 Å². The summed E-state index contributed by atoms with van der Waals surface area (Å²) in [4.78, 5) is 17.3. The monoisotopic (exact) mass is 395 g/mol. The van der Waals surface area contributed by atoms with Gasteiger partial charge in [-0.2, -0.15) is 13.2 Å². The van der Waals surface area contributed by atoms with E-state index in [4.69, 9.17) is 19.0 Å². The predicted octanol–water partition coefficient (Wildman–Crippen LogP) is 4.30. The number of alkyl halides is 3. The Hall–Kier alpha value is -3.23. The largest absolute Gasteiger partial charge is 0.496 e. The summed E-state index contributed by atoms with van der Waals surface area (Å²) < 4.78 is 53.9. The lowest BCUT2D eigenvalue weighted by atomic mass is 10.0. The zero-order valence-electron chi connectivity index (χ0n) is 14.9. The van der Waals surface area contributed by atoms with Crippen LogP contribution in [0.2, 0.25) is 0 Å². The van der Waals surface area contributed by atoms with Gasteiger partial charge in [-0.1, -0.05) is 23.4 Å². The van der Waals surface area contributed by atoms with E-state index in [-0.39, 0.29) is 17.1 Å². The highest BCUT2D eigenvalue weighted by molar-refractivity contribution is 5.94. The van der Waals surface area contributed by atoms with Crippen LogP contribution in [0.3, 0.4) is 0 Å². The van der Waals surface area contributed by atoms with Gasteiger partial charge in [-0.05, 0) is 29.8 Å². The van der Waals surface area contributed by atoms with Crippen molar-refractivity contribution in [3.05, 3.63) is 53.6 Å². The van der Waals surface area contributed by atoms with Gasteiger partial charge in [0.2, 0.25) is 0 Å². The van der Waals surface area contributed by atoms with Gasteiger partial charge >= 0.3 is 12.1 Å². The van der Waals surface area contributed by atoms with Gasteiger partial charge in [-0.15, -0.1) is 0 Å². The van der Waals surface area contributed by atoms with Crippen molar-refractivity contribution < 1.29 is 37.0 Å². The fourth-order valence-electron chi connectivity index (χ4n) is 2.66. The lowest BCUT2D eigenvalue weighted by Crippen LogP contribution is -2.21. The van der Waals surface area contributed by atoms with Crippen molar-refractivity contribution in [2.75, 3.05) is 14.2 Å². The number of nitrogens with zero attached hydrogens (tertiary/aromatic N) is 1. The average Bonchev–Trinajstić information content (AvgIpc) is 3.19. The normalized spacial score (nSPS) is 16.2. The maximum absolute atomic E-state index is 12.7. The number of carbonyl (C=O) groups excluding carboxylic acids is 1. The molecule has 0 amide bonds. The molecule has 0 saturated carbocycles. The Bertz CT molecular complexity index is 911. The Kier molecular flexibility index (Phi) is 5.43. The van der Waals surface area contributed by atoms with Crippen LogP contribution in [0, 0.1) is 0 Å². The summed E-state index contributed by atoms with van der Waals surface area (Å²) in [6, 6.07) is 10.9. The van der Waals surface area contributed by atoms with Gasteiger partial charge in [0.1, 0.15) is 11.3 Å². The van der Waals surface area contributed by atoms with Crippen LogP contribution in [0.25, 0.3) is 0 Å². The number of ether oxygens (including phenoxy) is 3. The van der Waals surface area contributed by atoms with Crippen molar-refractivity contribution in [2.45, 2.75) is 18.7 Å². The molecule has 3 rings (SSSR count). The van der Waals surface area contributed by atoms with E-state index in [2.05, 4.69) is 5.16 Å². The van der Waals surface area contributed by atoms with E-state index in [0.717, 1.165) is 0 Å². The van der Waals surface area contributed by atoms with Crippen molar-refractivity contribution >= 4 is 11.7 Å². The first-order chi connectivity index (χ1) is 13.3. The Morgan fingerprint density at radius 2 is 1.79 bits per heavy atom. The third-order valence-electron chi connectivity index (χ3n) is 4.09. The van der Waals surface area contributed by atoms with E-state index < -0.39 is 30.4 Å². The fourth-order valence-corrected chi connectivity index (χ4v) is 2.66. The standard InChI is InChI=1S/C19H16F3NO5/c1-25-13-6-4-3-5-12(13)18(24)27-14-8-7-11(9-16(14)26-2)15-10-17(23-28-15)19(20,21)22/h3-9,15H,10H2,1-2H3. The van der Waals surface area contributed by atoms with E-state index in [9.17, 15) is 18.0 Å². The van der Waals surface area contributed by atoms with E-state index >= 15 is 0 Å². The van der Waals surface area contributed by atoms with Crippen molar-refractivity contribution in [1.29, 1.82) is 0 Å². The van der Waals surface area contributed by atoms with Crippen LogP contribution in [-0.4, -0.2) is 32.1 Å². The molecule has 0 N–H and O–H groups in total. The molecule has 9 heteroatoms. The van der Waals surface area contributed by atoms with Gasteiger partial charge in [-0.3, -0.25) is 0 Å².